The standard InChI is InChI=1S/C17H12F3N3O/c1-9-2-4-10(5-3-9)14-8-16(24)23-17(21-14)22-15-7-12(19)11(18)6-13(15)20/h2-8H,1H3,(H2,21,22,23,24). The molecule has 0 fully saturated rings. The normalized spacial score (nSPS) is 10.7. The van der Waals surface area contributed by atoms with Crippen molar-refractivity contribution in [3.63, 3.8) is 0 Å². The van der Waals surface area contributed by atoms with Crippen LogP contribution in [-0.2, 0) is 0 Å². The molecule has 2 N–H and O–H groups in total. The maximum absolute atomic E-state index is 13.7. The molecule has 0 atom stereocenters. The van der Waals surface area contributed by atoms with Crippen LogP contribution in [0.25, 0.3) is 11.3 Å². The van der Waals surface area contributed by atoms with E-state index in [4.69, 9.17) is 0 Å². The van der Waals surface area contributed by atoms with E-state index in [1.54, 1.807) is 12.1 Å². The molecule has 122 valence electrons. The Morgan fingerprint density at radius 1 is 0.958 bits per heavy atom. The lowest BCUT2D eigenvalue weighted by atomic mass is 10.1. The van der Waals surface area contributed by atoms with Gasteiger partial charge in [0.15, 0.2) is 11.6 Å². The minimum absolute atomic E-state index is 0.0806. The molecular formula is C17H12F3N3O. The van der Waals surface area contributed by atoms with Crippen molar-refractivity contribution < 1.29 is 13.2 Å². The van der Waals surface area contributed by atoms with E-state index in [1.807, 2.05) is 19.1 Å². The largest absolute Gasteiger partial charge is 0.323 e. The zero-order valence-electron chi connectivity index (χ0n) is 12.5. The third-order valence-electron chi connectivity index (χ3n) is 3.35. The topological polar surface area (TPSA) is 57.8 Å². The van der Waals surface area contributed by atoms with Crippen LogP contribution in [0.2, 0.25) is 0 Å². The highest BCUT2D eigenvalue weighted by molar-refractivity contribution is 5.62. The number of hydrogen-bond acceptors (Lipinski definition) is 3. The molecule has 0 saturated heterocycles. The van der Waals surface area contributed by atoms with Crippen LogP contribution >= 0.6 is 0 Å². The molecular weight excluding hydrogens is 319 g/mol. The molecule has 0 unspecified atom stereocenters. The average Bonchev–Trinajstić information content (AvgIpc) is 2.53. The number of H-pyrrole nitrogens is 1. The molecule has 24 heavy (non-hydrogen) atoms. The van der Waals surface area contributed by atoms with Crippen molar-refractivity contribution in [1.29, 1.82) is 0 Å². The maximum atomic E-state index is 13.7. The summed E-state index contributed by atoms with van der Waals surface area (Å²) in [5.74, 6) is -3.59. The van der Waals surface area contributed by atoms with Crippen molar-refractivity contribution in [3.05, 3.63) is 75.8 Å². The van der Waals surface area contributed by atoms with Gasteiger partial charge in [0, 0.05) is 23.8 Å². The van der Waals surface area contributed by atoms with Crippen molar-refractivity contribution in [2.75, 3.05) is 5.32 Å². The number of rotatable bonds is 3. The third-order valence-corrected chi connectivity index (χ3v) is 3.35. The van der Waals surface area contributed by atoms with E-state index in [0.717, 1.165) is 5.56 Å². The summed E-state index contributed by atoms with van der Waals surface area (Å²) in [6.07, 6.45) is 0. The predicted molar refractivity (Wildman–Crippen MR) is 84.6 cm³/mol. The highest BCUT2D eigenvalue weighted by atomic mass is 19.2. The van der Waals surface area contributed by atoms with Crippen LogP contribution in [0.4, 0.5) is 24.8 Å². The Hall–Kier alpha value is -3.09. The first-order valence-corrected chi connectivity index (χ1v) is 7.02. The molecule has 0 saturated carbocycles. The first-order valence-electron chi connectivity index (χ1n) is 7.02. The van der Waals surface area contributed by atoms with Gasteiger partial charge in [0.05, 0.1) is 11.4 Å². The number of anilines is 2. The Morgan fingerprint density at radius 3 is 2.33 bits per heavy atom. The number of nitrogens with zero attached hydrogens (tertiary/aromatic N) is 1. The third kappa shape index (κ3) is 3.29. The minimum atomic E-state index is -1.30. The molecule has 4 nitrogen and oxygen atoms in total. The molecule has 0 radical (unpaired) electrons. The van der Waals surface area contributed by atoms with Gasteiger partial charge in [-0.1, -0.05) is 29.8 Å². The van der Waals surface area contributed by atoms with Gasteiger partial charge in [-0.2, -0.15) is 0 Å². The number of hydrogen-bond donors (Lipinski definition) is 2. The fourth-order valence-corrected chi connectivity index (χ4v) is 2.13. The van der Waals surface area contributed by atoms with Crippen molar-refractivity contribution in [1.82, 2.24) is 9.97 Å². The zero-order chi connectivity index (χ0) is 17.3. The fourth-order valence-electron chi connectivity index (χ4n) is 2.13. The summed E-state index contributed by atoms with van der Waals surface area (Å²) in [6, 6.07) is 9.67. The summed E-state index contributed by atoms with van der Waals surface area (Å²) in [6.45, 7) is 1.92. The molecule has 3 rings (SSSR count). The lowest BCUT2D eigenvalue weighted by Crippen LogP contribution is -2.11. The van der Waals surface area contributed by atoms with Crippen LogP contribution in [-0.4, -0.2) is 9.97 Å². The summed E-state index contributed by atoms with van der Waals surface area (Å²) in [4.78, 5) is 18.3. The van der Waals surface area contributed by atoms with Crippen LogP contribution in [0, 0.1) is 24.4 Å². The van der Waals surface area contributed by atoms with Gasteiger partial charge in [-0.15, -0.1) is 0 Å². The Balaban J connectivity index is 1.99. The van der Waals surface area contributed by atoms with Gasteiger partial charge in [-0.25, -0.2) is 18.2 Å². The van der Waals surface area contributed by atoms with Crippen molar-refractivity contribution in [2.45, 2.75) is 6.92 Å². The van der Waals surface area contributed by atoms with Crippen LogP contribution in [0.5, 0.6) is 0 Å². The minimum Gasteiger partial charge on any atom is -0.323 e. The fraction of sp³-hybridized carbons (Fsp3) is 0.0588. The summed E-state index contributed by atoms with van der Waals surface area (Å²) in [5, 5.41) is 2.45. The average molecular weight is 331 g/mol. The molecule has 2 aromatic carbocycles. The highest BCUT2D eigenvalue weighted by Crippen LogP contribution is 2.22. The Labute approximate surface area is 135 Å². The van der Waals surface area contributed by atoms with Gasteiger partial charge in [-0.05, 0) is 6.92 Å². The first-order chi connectivity index (χ1) is 11.4. The SMILES string of the molecule is Cc1ccc(-c2cc(=O)[nH]c(Nc3cc(F)c(F)cc3F)n2)cc1. The van der Waals surface area contributed by atoms with Crippen LogP contribution in [0.1, 0.15) is 5.56 Å². The number of benzene rings is 2. The second kappa shape index (κ2) is 6.19. The van der Waals surface area contributed by atoms with Gasteiger partial charge in [0.1, 0.15) is 5.82 Å². The molecule has 0 bridgehead atoms. The van der Waals surface area contributed by atoms with E-state index in [1.165, 1.54) is 6.07 Å². The number of aromatic nitrogens is 2. The molecule has 0 aliphatic carbocycles. The summed E-state index contributed by atoms with van der Waals surface area (Å²) < 4.78 is 39.9. The number of aromatic amines is 1. The molecule has 1 heterocycles. The predicted octanol–water partition coefficient (Wildman–Crippen LogP) is 3.91. The lowest BCUT2D eigenvalue weighted by molar-refractivity contribution is 0.496. The van der Waals surface area contributed by atoms with Gasteiger partial charge in [-0.3, -0.25) is 9.78 Å². The van der Waals surface area contributed by atoms with Crippen LogP contribution < -0.4 is 10.9 Å². The van der Waals surface area contributed by atoms with E-state index in [-0.39, 0.29) is 11.6 Å². The molecule has 3 aromatic rings. The summed E-state index contributed by atoms with van der Waals surface area (Å²) in [5.41, 5.74) is 1.31. The zero-order valence-corrected chi connectivity index (χ0v) is 12.5. The van der Waals surface area contributed by atoms with Gasteiger partial charge < -0.3 is 5.32 Å². The van der Waals surface area contributed by atoms with Crippen molar-refractivity contribution >= 4 is 11.6 Å². The smallest absolute Gasteiger partial charge is 0.252 e. The van der Waals surface area contributed by atoms with Gasteiger partial charge >= 0.3 is 0 Å². The first kappa shape index (κ1) is 15.8. The Morgan fingerprint density at radius 2 is 1.62 bits per heavy atom. The van der Waals surface area contributed by atoms with Gasteiger partial charge in [0.25, 0.3) is 5.56 Å². The Bertz CT molecular complexity index is 952. The van der Waals surface area contributed by atoms with Crippen LogP contribution in [0.3, 0.4) is 0 Å². The number of halogens is 3. The molecule has 0 amide bonds. The number of nitrogens with one attached hydrogen (secondary N) is 2. The lowest BCUT2D eigenvalue weighted by Gasteiger charge is -2.09. The summed E-state index contributed by atoms with van der Waals surface area (Å²) in [7, 11) is 0. The van der Waals surface area contributed by atoms with E-state index in [2.05, 4.69) is 15.3 Å². The molecule has 0 aliphatic heterocycles. The second-order valence-electron chi connectivity index (χ2n) is 5.22. The molecule has 7 heteroatoms. The molecule has 1 aromatic heterocycles. The second-order valence-corrected chi connectivity index (χ2v) is 5.22. The molecule has 0 spiro atoms. The monoisotopic (exact) mass is 331 g/mol. The summed E-state index contributed by atoms with van der Waals surface area (Å²) >= 11 is 0. The highest BCUT2D eigenvalue weighted by Gasteiger charge is 2.11. The van der Waals surface area contributed by atoms with E-state index < -0.39 is 23.0 Å². The van der Waals surface area contributed by atoms with E-state index in [0.29, 0.717) is 23.4 Å². The van der Waals surface area contributed by atoms with Crippen molar-refractivity contribution in [2.24, 2.45) is 0 Å². The van der Waals surface area contributed by atoms with E-state index in [9.17, 15) is 18.0 Å². The quantitative estimate of drug-likeness (QED) is 0.716. The Kier molecular flexibility index (Phi) is 4.07. The maximum Gasteiger partial charge on any atom is 0.252 e. The number of aryl methyl sites for hydroxylation is 1. The van der Waals surface area contributed by atoms with Crippen molar-refractivity contribution in [3.8, 4) is 11.3 Å². The molecule has 0 aliphatic rings. The van der Waals surface area contributed by atoms with E-state index >= 15 is 0 Å². The van der Waals surface area contributed by atoms with Gasteiger partial charge in [0.2, 0.25) is 5.95 Å². The van der Waals surface area contributed by atoms with Crippen LogP contribution in [0.15, 0.2) is 47.3 Å².